The van der Waals surface area contributed by atoms with E-state index in [1.54, 1.807) is 0 Å². The van der Waals surface area contributed by atoms with Crippen molar-refractivity contribution in [3.8, 4) is 0 Å². The van der Waals surface area contributed by atoms with E-state index >= 15 is 0 Å². The average molecular weight is 327 g/mol. The van der Waals surface area contributed by atoms with E-state index in [9.17, 15) is 13.2 Å². The van der Waals surface area contributed by atoms with Crippen molar-refractivity contribution in [1.29, 1.82) is 0 Å². The Morgan fingerprint density at radius 1 is 1.43 bits per heavy atom. The highest BCUT2D eigenvalue weighted by Gasteiger charge is 2.16. The van der Waals surface area contributed by atoms with Crippen molar-refractivity contribution < 1.29 is 13.2 Å². The van der Waals surface area contributed by atoms with Gasteiger partial charge >= 0.3 is 0 Å². The van der Waals surface area contributed by atoms with Gasteiger partial charge in [-0.15, -0.1) is 0 Å². The van der Waals surface area contributed by atoms with Crippen molar-refractivity contribution in [2.45, 2.75) is 12.5 Å². The van der Waals surface area contributed by atoms with E-state index in [0.717, 1.165) is 16.5 Å². The molecule has 1 amide bonds. The van der Waals surface area contributed by atoms with Crippen molar-refractivity contribution in [3.05, 3.63) is 29.1 Å². The Labute approximate surface area is 126 Å². The van der Waals surface area contributed by atoms with Gasteiger partial charge in [0.25, 0.3) is 5.91 Å². The predicted octanol–water partition coefficient (Wildman–Crippen LogP) is 0.429. The number of rotatable bonds is 4. The Morgan fingerprint density at radius 2 is 2.10 bits per heavy atom. The van der Waals surface area contributed by atoms with Crippen LogP contribution in [0.5, 0.6) is 0 Å². The first kappa shape index (κ1) is 15.9. The number of benzene rings is 1. The number of aryl methyl sites for hydroxylation is 1. The molecule has 1 heterocycles. The molecule has 1 aromatic carbocycles. The standard InChI is InChI=1S/C13H17N3O3S2/c1-16-10-5-3-4-6-11(10)20-13(16)15-12(17)9(14)7-8-21(2,18)19/h3-6,9H,7-8,14H2,1-2H3. The molecule has 0 aliphatic heterocycles. The summed E-state index contributed by atoms with van der Waals surface area (Å²) in [6, 6.07) is 6.83. The average Bonchev–Trinajstić information content (AvgIpc) is 2.72. The van der Waals surface area contributed by atoms with Crippen molar-refractivity contribution in [1.82, 2.24) is 4.57 Å². The van der Waals surface area contributed by atoms with Crippen LogP contribution in [0.1, 0.15) is 6.42 Å². The van der Waals surface area contributed by atoms with Gasteiger partial charge in [0, 0.05) is 13.3 Å². The molecule has 1 atom stereocenters. The summed E-state index contributed by atoms with van der Waals surface area (Å²) in [5.41, 5.74) is 6.69. The van der Waals surface area contributed by atoms with Crippen molar-refractivity contribution in [2.24, 2.45) is 17.8 Å². The lowest BCUT2D eigenvalue weighted by atomic mass is 10.2. The zero-order valence-electron chi connectivity index (χ0n) is 11.8. The van der Waals surface area contributed by atoms with Crippen molar-refractivity contribution in [2.75, 3.05) is 12.0 Å². The fraction of sp³-hybridized carbons (Fsp3) is 0.385. The highest BCUT2D eigenvalue weighted by Crippen LogP contribution is 2.15. The Balaban J connectivity index is 2.25. The lowest BCUT2D eigenvalue weighted by Crippen LogP contribution is -2.33. The zero-order valence-corrected chi connectivity index (χ0v) is 13.4. The van der Waals surface area contributed by atoms with Crippen molar-refractivity contribution in [3.63, 3.8) is 0 Å². The van der Waals surface area contributed by atoms with Crippen LogP contribution in [0.2, 0.25) is 0 Å². The molecule has 0 fully saturated rings. The van der Waals surface area contributed by atoms with Crippen LogP contribution in [0.3, 0.4) is 0 Å². The molecule has 0 aliphatic rings. The first-order valence-electron chi connectivity index (χ1n) is 6.34. The Bertz CT molecular complexity index is 834. The lowest BCUT2D eigenvalue weighted by Gasteiger charge is -2.05. The molecule has 8 heteroatoms. The summed E-state index contributed by atoms with van der Waals surface area (Å²) in [4.78, 5) is 16.5. The molecular weight excluding hydrogens is 310 g/mol. The molecule has 0 spiro atoms. The normalized spacial score (nSPS) is 14.5. The summed E-state index contributed by atoms with van der Waals surface area (Å²) in [6.45, 7) is 0. The third-order valence-electron chi connectivity index (χ3n) is 3.04. The van der Waals surface area contributed by atoms with E-state index in [2.05, 4.69) is 4.99 Å². The number of aromatic nitrogens is 1. The number of fused-ring (bicyclic) bond motifs is 1. The smallest absolute Gasteiger partial charge is 0.265 e. The molecule has 6 nitrogen and oxygen atoms in total. The second-order valence-electron chi connectivity index (χ2n) is 4.89. The molecular formula is C13H17N3O3S2. The second kappa shape index (κ2) is 6.08. The monoisotopic (exact) mass is 327 g/mol. The summed E-state index contributed by atoms with van der Waals surface area (Å²) < 4.78 is 25.0. The number of amides is 1. The zero-order chi connectivity index (χ0) is 15.6. The van der Waals surface area contributed by atoms with Crippen LogP contribution in [0, 0.1) is 0 Å². The molecule has 2 rings (SSSR count). The fourth-order valence-electron chi connectivity index (χ4n) is 1.83. The van der Waals surface area contributed by atoms with Gasteiger partial charge in [0.2, 0.25) is 0 Å². The van der Waals surface area contributed by atoms with Crippen LogP contribution in [0.15, 0.2) is 29.3 Å². The number of carbonyl (C=O) groups is 1. The summed E-state index contributed by atoms with van der Waals surface area (Å²) in [7, 11) is -1.30. The van der Waals surface area contributed by atoms with Gasteiger partial charge in [-0.2, -0.15) is 4.99 Å². The summed E-state index contributed by atoms with van der Waals surface area (Å²) in [5, 5.41) is 0. The van der Waals surface area contributed by atoms with Gasteiger partial charge in [-0.25, -0.2) is 8.42 Å². The minimum absolute atomic E-state index is 0.0791. The molecule has 1 unspecified atom stereocenters. The molecule has 1 aromatic heterocycles. The van der Waals surface area contributed by atoms with Gasteiger partial charge in [0.15, 0.2) is 4.80 Å². The summed E-state index contributed by atoms with van der Waals surface area (Å²) in [5.74, 6) is -0.616. The number of hydrogen-bond acceptors (Lipinski definition) is 5. The van der Waals surface area contributed by atoms with Gasteiger partial charge < -0.3 is 10.3 Å². The van der Waals surface area contributed by atoms with Gasteiger partial charge in [0.05, 0.1) is 22.0 Å². The SMILES string of the molecule is Cn1c(=NC(=O)C(N)CCS(C)(=O)=O)sc2ccccc21. The molecule has 0 saturated carbocycles. The number of carbonyl (C=O) groups excluding carboxylic acids is 1. The second-order valence-corrected chi connectivity index (χ2v) is 8.16. The molecule has 114 valence electrons. The fourth-order valence-corrected chi connectivity index (χ4v) is 3.54. The molecule has 2 N–H and O–H groups in total. The van der Waals surface area contributed by atoms with Crippen LogP contribution in [-0.2, 0) is 21.7 Å². The molecule has 0 radical (unpaired) electrons. The van der Waals surface area contributed by atoms with Crippen LogP contribution >= 0.6 is 11.3 Å². The third kappa shape index (κ3) is 3.99. The van der Waals surface area contributed by atoms with E-state index in [-0.39, 0.29) is 12.2 Å². The maximum Gasteiger partial charge on any atom is 0.265 e. The summed E-state index contributed by atoms with van der Waals surface area (Å²) in [6.07, 6.45) is 1.20. The topological polar surface area (TPSA) is 94.5 Å². The summed E-state index contributed by atoms with van der Waals surface area (Å²) >= 11 is 1.39. The Kier molecular flexibility index (Phi) is 4.60. The highest BCUT2D eigenvalue weighted by atomic mass is 32.2. The molecule has 0 bridgehead atoms. The predicted molar refractivity (Wildman–Crippen MR) is 83.7 cm³/mol. The highest BCUT2D eigenvalue weighted by molar-refractivity contribution is 7.90. The van der Waals surface area contributed by atoms with E-state index in [1.165, 1.54) is 11.3 Å². The largest absolute Gasteiger partial charge is 0.320 e. The number of hydrogen-bond donors (Lipinski definition) is 1. The number of nitrogens with zero attached hydrogens (tertiary/aromatic N) is 2. The number of sulfone groups is 1. The van der Waals surface area contributed by atoms with Gasteiger partial charge in [0.1, 0.15) is 9.84 Å². The first-order chi connectivity index (χ1) is 9.78. The Morgan fingerprint density at radius 3 is 2.71 bits per heavy atom. The number of nitrogens with two attached hydrogens (primary N) is 1. The molecule has 0 saturated heterocycles. The Hall–Kier alpha value is -1.51. The van der Waals surface area contributed by atoms with Crippen LogP contribution in [0.25, 0.3) is 10.2 Å². The lowest BCUT2D eigenvalue weighted by molar-refractivity contribution is -0.119. The molecule has 0 aliphatic carbocycles. The van der Waals surface area contributed by atoms with Crippen LogP contribution < -0.4 is 10.5 Å². The van der Waals surface area contributed by atoms with E-state index in [0.29, 0.717) is 4.80 Å². The molecule has 21 heavy (non-hydrogen) atoms. The van der Waals surface area contributed by atoms with Crippen LogP contribution in [0.4, 0.5) is 0 Å². The number of thiazole rings is 1. The minimum atomic E-state index is -3.13. The van der Waals surface area contributed by atoms with Gasteiger partial charge in [-0.05, 0) is 18.6 Å². The van der Waals surface area contributed by atoms with Gasteiger partial charge in [-0.3, -0.25) is 4.79 Å². The van der Waals surface area contributed by atoms with E-state index in [1.807, 2.05) is 35.9 Å². The molecule has 2 aromatic rings. The van der Waals surface area contributed by atoms with E-state index in [4.69, 9.17) is 5.73 Å². The van der Waals surface area contributed by atoms with Crippen molar-refractivity contribution >= 4 is 37.3 Å². The van der Waals surface area contributed by atoms with Gasteiger partial charge in [-0.1, -0.05) is 23.5 Å². The van der Waals surface area contributed by atoms with E-state index < -0.39 is 21.8 Å². The maximum atomic E-state index is 12.0. The maximum absolute atomic E-state index is 12.0. The van der Waals surface area contributed by atoms with Crippen LogP contribution in [-0.4, -0.2) is 36.9 Å². The first-order valence-corrected chi connectivity index (χ1v) is 9.22. The quantitative estimate of drug-likeness (QED) is 0.881. The number of para-hydroxylation sites is 1. The third-order valence-corrected chi connectivity index (χ3v) is 5.13. The minimum Gasteiger partial charge on any atom is -0.320 e.